The molecule has 104 valence electrons. The number of hydrogen-bond donors (Lipinski definition) is 0. The van der Waals surface area contributed by atoms with Crippen LogP contribution in [0.2, 0.25) is 0 Å². The van der Waals surface area contributed by atoms with Crippen molar-refractivity contribution in [1.82, 2.24) is 19.9 Å². The van der Waals surface area contributed by atoms with Crippen LogP contribution in [0.4, 0.5) is 5.82 Å². The molecule has 0 aromatic carbocycles. The second-order valence-electron chi connectivity index (χ2n) is 4.40. The summed E-state index contributed by atoms with van der Waals surface area (Å²) in [5.74, 6) is 2.03. The van der Waals surface area contributed by atoms with Gasteiger partial charge in [0, 0.05) is 31.9 Å². The summed E-state index contributed by atoms with van der Waals surface area (Å²) < 4.78 is 5.02. The molecule has 6 nitrogen and oxygen atoms in total. The molecule has 0 saturated carbocycles. The van der Waals surface area contributed by atoms with Crippen LogP contribution < -0.4 is 4.74 Å². The van der Waals surface area contributed by atoms with Gasteiger partial charge < -0.3 is 9.64 Å². The van der Waals surface area contributed by atoms with Gasteiger partial charge in [0.05, 0.1) is 25.2 Å². The first-order chi connectivity index (χ1) is 9.60. The summed E-state index contributed by atoms with van der Waals surface area (Å²) in [6.07, 6.45) is 5.04. The van der Waals surface area contributed by atoms with Crippen molar-refractivity contribution in [2.24, 2.45) is 4.99 Å². The van der Waals surface area contributed by atoms with Gasteiger partial charge in [-0.25, -0.2) is 15.0 Å². The average molecular weight is 271 g/mol. The third-order valence-electron chi connectivity index (χ3n) is 2.80. The second-order valence-corrected chi connectivity index (χ2v) is 4.40. The topological polar surface area (TPSA) is 63.5 Å². The molecule has 6 heteroatoms. The molecule has 0 bridgehead atoms. The fourth-order valence-corrected chi connectivity index (χ4v) is 1.45. The molecule has 20 heavy (non-hydrogen) atoms. The largest absolute Gasteiger partial charge is 0.481 e. The van der Waals surface area contributed by atoms with Crippen molar-refractivity contribution in [3.63, 3.8) is 0 Å². The maximum atomic E-state index is 5.02. The van der Waals surface area contributed by atoms with Gasteiger partial charge in [0.15, 0.2) is 5.82 Å². The molecule has 2 rings (SSSR count). The summed E-state index contributed by atoms with van der Waals surface area (Å²) >= 11 is 0. The van der Waals surface area contributed by atoms with E-state index in [9.17, 15) is 0 Å². The van der Waals surface area contributed by atoms with Crippen molar-refractivity contribution >= 4 is 11.7 Å². The first kappa shape index (κ1) is 13.9. The van der Waals surface area contributed by atoms with Gasteiger partial charge in [-0.1, -0.05) is 0 Å². The molecule has 0 radical (unpaired) electrons. The number of pyridine rings is 1. The standard InChI is InChI=1S/C14H17N5O/c1-10(19(2)3)18-13-9-15-12(8-16-13)11-5-6-14(20-4)17-7-11/h5-9H,1-4H3/b18-10+. The Labute approximate surface area is 118 Å². The van der Waals surface area contributed by atoms with Crippen LogP contribution >= 0.6 is 0 Å². The number of aliphatic imine (C=N–C) groups is 1. The Morgan fingerprint density at radius 3 is 2.40 bits per heavy atom. The number of rotatable bonds is 3. The van der Waals surface area contributed by atoms with Crippen molar-refractivity contribution in [2.75, 3.05) is 21.2 Å². The third kappa shape index (κ3) is 3.28. The molecule has 0 fully saturated rings. The first-order valence-electron chi connectivity index (χ1n) is 6.15. The van der Waals surface area contributed by atoms with E-state index >= 15 is 0 Å². The van der Waals surface area contributed by atoms with Crippen molar-refractivity contribution in [2.45, 2.75) is 6.92 Å². The van der Waals surface area contributed by atoms with Crippen molar-refractivity contribution in [3.05, 3.63) is 30.7 Å². The van der Waals surface area contributed by atoms with Gasteiger partial charge in [-0.2, -0.15) is 0 Å². The van der Waals surface area contributed by atoms with Gasteiger partial charge >= 0.3 is 0 Å². The Morgan fingerprint density at radius 1 is 1.10 bits per heavy atom. The molecular formula is C14H17N5O. The van der Waals surface area contributed by atoms with Gasteiger partial charge in [-0.3, -0.25) is 4.98 Å². The van der Waals surface area contributed by atoms with Gasteiger partial charge in [0.2, 0.25) is 5.88 Å². The van der Waals surface area contributed by atoms with E-state index in [-0.39, 0.29) is 0 Å². The molecule has 2 aromatic rings. The molecule has 2 heterocycles. The van der Waals surface area contributed by atoms with Crippen LogP contribution in [-0.4, -0.2) is 46.9 Å². The lowest BCUT2D eigenvalue weighted by Gasteiger charge is -2.10. The van der Waals surface area contributed by atoms with E-state index in [1.807, 2.05) is 32.0 Å². The first-order valence-corrected chi connectivity index (χ1v) is 6.15. The van der Waals surface area contributed by atoms with Crippen LogP contribution in [0, 0.1) is 0 Å². The Kier molecular flexibility index (Phi) is 4.24. The second kappa shape index (κ2) is 6.10. The number of hydrogen-bond acceptors (Lipinski definition) is 5. The minimum Gasteiger partial charge on any atom is -0.481 e. The van der Waals surface area contributed by atoms with Crippen LogP contribution in [0.15, 0.2) is 35.7 Å². The summed E-state index contributed by atoms with van der Waals surface area (Å²) in [7, 11) is 5.45. The minimum atomic E-state index is 0.574. The maximum absolute atomic E-state index is 5.02. The average Bonchev–Trinajstić information content (AvgIpc) is 2.48. The number of aromatic nitrogens is 3. The summed E-state index contributed by atoms with van der Waals surface area (Å²) in [5, 5.41) is 0. The minimum absolute atomic E-state index is 0.574. The van der Waals surface area contributed by atoms with Crippen LogP contribution in [0.3, 0.4) is 0 Å². The van der Waals surface area contributed by atoms with E-state index in [0.717, 1.165) is 17.1 Å². The molecule has 0 aliphatic rings. The molecule has 0 atom stereocenters. The van der Waals surface area contributed by atoms with Crippen LogP contribution in [0.25, 0.3) is 11.3 Å². The van der Waals surface area contributed by atoms with E-state index in [2.05, 4.69) is 19.9 Å². The molecule has 0 saturated heterocycles. The van der Waals surface area contributed by atoms with Crippen LogP contribution in [0.1, 0.15) is 6.92 Å². The fraction of sp³-hybridized carbons (Fsp3) is 0.286. The third-order valence-corrected chi connectivity index (χ3v) is 2.80. The van der Waals surface area contributed by atoms with Gasteiger partial charge in [-0.15, -0.1) is 0 Å². The molecule has 0 aliphatic heterocycles. The molecule has 0 amide bonds. The fourth-order valence-electron chi connectivity index (χ4n) is 1.45. The zero-order chi connectivity index (χ0) is 14.5. The quantitative estimate of drug-likeness (QED) is 0.632. The van der Waals surface area contributed by atoms with Crippen molar-refractivity contribution < 1.29 is 4.74 Å². The SMILES string of the molecule is COc1ccc(-c2cnc(/N=C(\C)N(C)C)cn2)cn1. The summed E-state index contributed by atoms with van der Waals surface area (Å²) in [4.78, 5) is 19.0. The zero-order valence-electron chi connectivity index (χ0n) is 12.0. The number of amidine groups is 1. The lowest BCUT2D eigenvalue weighted by molar-refractivity contribution is 0.398. The van der Waals surface area contributed by atoms with E-state index < -0.39 is 0 Å². The molecular weight excluding hydrogens is 254 g/mol. The van der Waals surface area contributed by atoms with E-state index in [0.29, 0.717) is 11.7 Å². The summed E-state index contributed by atoms with van der Waals surface area (Å²) in [6.45, 7) is 1.92. The van der Waals surface area contributed by atoms with Crippen molar-refractivity contribution in [1.29, 1.82) is 0 Å². The van der Waals surface area contributed by atoms with Crippen LogP contribution in [0.5, 0.6) is 5.88 Å². The smallest absolute Gasteiger partial charge is 0.212 e. The summed E-state index contributed by atoms with van der Waals surface area (Å²) in [5.41, 5.74) is 1.64. The highest BCUT2D eigenvalue weighted by atomic mass is 16.5. The predicted octanol–water partition coefficient (Wildman–Crippen LogP) is 2.16. The Bertz CT molecular complexity index is 590. The lowest BCUT2D eigenvalue weighted by atomic mass is 10.2. The maximum Gasteiger partial charge on any atom is 0.212 e. The van der Waals surface area contributed by atoms with Gasteiger partial charge in [0.1, 0.15) is 5.84 Å². The lowest BCUT2D eigenvalue weighted by Crippen LogP contribution is -2.17. The molecule has 0 unspecified atom stereocenters. The highest BCUT2D eigenvalue weighted by Crippen LogP contribution is 2.18. The van der Waals surface area contributed by atoms with E-state index in [4.69, 9.17) is 4.74 Å². The Morgan fingerprint density at radius 2 is 1.90 bits per heavy atom. The molecule has 0 spiro atoms. The molecule has 0 N–H and O–H groups in total. The number of nitrogens with zero attached hydrogens (tertiary/aromatic N) is 5. The van der Waals surface area contributed by atoms with Crippen molar-refractivity contribution in [3.8, 4) is 17.1 Å². The Hall–Kier alpha value is -2.50. The summed E-state index contributed by atoms with van der Waals surface area (Å²) in [6, 6.07) is 3.68. The molecule has 2 aromatic heterocycles. The van der Waals surface area contributed by atoms with Crippen LogP contribution in [-0.2, 0) is 0 Å². The van der Waals surface area contributed by atoms with Gasteiger partial charge in [-0.05, 0) is 13.0 Å². The van der Waals surface area contributed by atoms with E-state index in [1.165, 1.54) is 0 Å². The normalized spacial score (nSPS) is 11.3. The number of ether oxygens (including phenoxy) is 1. The highest BCUT2D eigenvalue weighted by molar-refractivity contribution is 5.81. The van der Waals surface area contributed by atoms with Gasteiger partial charge in [0.25, 0.3) is 0 Å². The Balaban J connectivity index is 2.21. The highest BCUT2D eigenvalue weighted by Gasteiger charge is 2.02. The predicted molar refractivity (Wildman–Crippen MR) is 78.3 cm³/mol. The zero-order valence-corrected chi connectivity index (χ0v) is 12.0. The monoisotopic (exact) mass is 271 g/mol. The number of methoxy groups -OCH3 is 1. The molecule has 0 aliphatic carbocycles. The van der Waals surface area contributed by atoms with E-state index in [1.54, 1.807) is 31.8 Å².